The van der Waals surface area contributed by atoms with Gasteiger partial charge < -0.3 is 4.90 Å². The van der Waals surface area contributed by atoms with Gasteiger partial charge in [0.15, 0.2) is 0 Å². The maximum Gasteiger partial charge on any atom is 0.261 e. The number of benzene rings is 2. The summed E-state index contributed by atoms with van der Waals surface area (Å²) in [6.07, 6.45) is 0. The molecule has 0 aliphatic carbocycles. The number of halogens is 2. The van der Waals surface area contributed by atoms with Crippen molar-refractivity contribution in [3.8, 4) is 0 Å². The molecule has 0 fully saturated rings. The highest BCUT2D eigenvalue weighted by Gasteiger charge is 2.20. The highest BCUT2D eigenvalue weighted by Crippen LogP contribution is 2.20. The fourth-order valence-corrected chi connectivity index (χ4v) is 2.02. The van der Waals surface area contributed by atoms with Crippen LogP contribution in [0.1, 0.15) is 22.8 Å². The van der Waals surface area contributed by atoms with Crippen molar-refractivity contribution in [2.45, 2.75) is 13.8 Å². The third-order valence-electron chi connectivity index (χ3n) is 3.12. The van der Waals surface area contributed by atoms with Crippen molar-refractivity contribution < 1.29 is 13.6 Å². The quantitative estimate of drug-likeness (QED) is 0.830. The molecule has 0 saturated carbocycles. The van der Waals surface area contributed by atoms with Gasteiger partial charge in [-0.3, -0.25) is 4.79 Å². The average Bonchev–Trinajstić information content (AvgIpc) is 2.44. The largest absolute Gasteiger partial charge is 0.309 e. The highest BCUT2D eigenvalue weighted by atomic mass is 19.1. The number of hydrogen-bond donors (Lipinski definition) is 0. The summed E-state index contributed by atoms with van der Waals surface area (Å²) in [6.45, 7) is 3.77. The minimum Gasteiger partial charge on any atom is -0.309 e. The zero-order valence-corrected chi connectivity index (χ0v) is 11.4. The number of anilines is 1. The number of nitrogens with zero attached hydrogens (tertiary/aromatic N) is 1. The summed E-state index contributed by atoms with van der Waals surface area (Å²) in [5.74, 6) is -1.32. The first-order chi connectivity index (χ1) is 9.54. The molecule has 0 N–H and O–H groups in total. The third kappa shape index (κ3) is 2.69. The molecule has 0 radical (unpaired) electrons. The number of rotatable bonds is 3. The maximum absolute atomic E-state index is 14.0. The van der Waals surface area contributed by atoms with Gasteiger partial charge >= 0.3 is 0 Å². The van der Waals surface area contributed by atoms with Crippen LogP contribution in [0.4, 0.5) is 14.5 Å². The summed E-state index contributed by atoms with van der Waals surface area (Å²) in [6, 6.07) is 10.3. The van der Waals surface area contributed by atoms with Crippen molar-refractivity contribution in [1.29, 1.82) is 0 Å². The summed E-state index contributed by atoms with van der Waals surface area (Å²) in [5, 5.41) is 0. The van der Waals surface area contributed by atoms with Gasteiger partial charge in [-0.1, -0.05) is 12.1 Å². The second kappa shape index (κ2) is 5.82. The van der Waals surface area contributed by atoms with E-state index in [1.54, 1.807) is 26.0 Å². The first kappa shape index (κ1) is 14.2. The molecular weight excluding hydrogens is 260 g/mol. The molecule has 4 heteroatoms. The Hall–Kier alpha value is -2.23. The Bertz CT molecular complexity index is 623. The van der Waals surface area contributed by atoms with Crippen LogP contribution >= 0.6 is 0 Å². The standard InChI is InChI=1S/C16H15F2NO/c1-3-19(13-9-7-12(17)8-10-13)16(20)14-6-4-5-11(2)15(14)18/h4-10H,3H2,1-2H3. The minimum absolute atomic E-state index is 0.0242. The Labute approximate surface area is 116 Å². The van der Waals surface area contributed by atoms with Crippen molar-refractivity contribution in [3.05, 3.63) is 65.2 Å². The Morgan fingerprint density at radius 2 is 1.75 bits per heavy atom. The van der Waals surface area contributed by atoms with Crippen LogP contribution in [-0.2, 0) is 0 Å². The molecule has 2 aromatic rings. The van der Waals surface area contributed by atoms with Crippen molar-refractivity contribution in [2.24, 2.45) is 0 Å². The molecule has 0 atom stereocenters. The van der Waals surface area contributed by atoms with Gasteiger partial charge in [0.1, 0.15) is 11.6 Å². The average molecular weight is 275 g/mol. The van der Waals surface area contributed by atoms with E-state index in [1.165, 1.54) is 35.2 Å². The van der Waals surface area contributed by atoms with Crippen molar-refractivity contribution in [1.82, 2.24) is 0 Å². The lowest BCUT2D eigenvalue weighted by atomic mass is 10.1. The number of carbonyl (C=O) groups is 1. The van der Waals surface area contributed by atoms with Crippen LogP contribution in [-0.4, -0.2) is 12.5 Å². The summed E-state index contributed by atoms with van der Waals surface area (Å²) in [4.78, 5) is 13.8. The van der Waals surface area contributed by atoms with Gasteiger partial charge in [0.25, 0.3) is 5.91 Å². The molecule has 0 unspecified atom stereocenters. The fourth-order valence-electron chi connectivity index (χ4n) is 2.02. The van der Waals surface area contributed by atoms with E-state index in [4.69, 9.17) is 0 Å². The lowest BCUT2D eigenvalue weighted by molar-refractivity contribution is 0.0984. The Kier molecular flexibility index (Phi) is 4.13. The van der Waals surface area contributed by atoms with E-state index in [0.29, 0.717) is 17.8 Å². The molecule has 0 spiro atoms. The first-order valence-corrected chi connectivity index (χ1v) is 6.37. The van der Waals surface area contributed by atoms with Crippen molar-refractivity contribution in [3.63, 3.8) is 0 Å². The molecule has 0 heterocycles. The molecule has 0 aliphatic rings. The van der Waals surface area contributed by atoms with Gasteiger partial charge in [-0.15, -0.1) is 0 Å². The topological polar surface area (TPSA) is 20.3 Å². The zero-order valence-electron chi connectivity index (χ0n) is 11.4. The van der Waals surface area contributed by atoms with Crippen LogP contribution in [0.25, 0.3) is 0 Å². The molecule has 2 aromatic carbocycles. The molecular formula is C16H15F2NO. The molecule has 2 rings (SSSR count). The molecule has 1 amide bonds. The smallest absolute Gasteiger partial charge is 0.261 e. The molecule has 0 aliphatic heterocycles. The summed E-state index contributed by atoms with van der Waals surface area (Å²) in [5.41, 5.74) is 0.988. The van der Waals surface area contributed by atoms with Crippen LogP contribution in [0.5, 0.6) is 0 Å². The Balaban J connectivity index is 2.39. The molecule has 20 heavy (non-hydrogen) atoms. The second-order valence-corrected chi connectivity index (χ2v) is 4.46. The van der Waals surface area contributed by atoms with Gasteiger partial charge in [-0.2, -0.15) is 0 Å². The summed E-state index contributed by atoms with van der Waals surface area (Å²) >= 11 is 0. The van der Waals surface area contributed by atoms with Crippen molar-refractivity contribution in [2.75, 3.05) is 11.4 Å². The SMILES string of the molecule is CCN(C(=O)c1cccc(C)c1F)c1ccc(F)cc1. The monoisotopic (exact) mass is 275 g/mol. The predicted molar refractivity (Wildman–Crippen MR) is 74.9 cm³/mol. The van der Waals surface area contributed by atoms with E-state index >= 15 is 0 Å². The van der Waals surface area contributed by atoms with Crippen LogP contribution in [0.3, 0.4) is 0 Å². The highest BCUT2D eigenvalue weighted by molar-refractivity contribution is 6.06. The van der Waals surface area contributed by atoms with E-state index in [9.17, 15) is 13.6 Å². The molecule has 0 bridgehead atoms. The summed E-state index contributed by atoms with van der Waals surface area (Å²) < 4.78 is 27.0. The van der Waals surface area contributed by atoms with E-state index in [-0.39, 0.29) is 11.4 Å². The predicted octanol–water partition coefficient (Wildman–Crippen LogP) is 3.94. The van der Waals surface area contributed by atoms with E-state index < -0.39 is 11.7 Å². The molecule has 0 aromatic heterocycles. The van der Waals surface area contributed by atoms with Gasteiger partial charge in [0, 0.05) is 12.2 Å². The van der Waals surface area contributed by atoms with Crippen LogP contribution < -0.4 is 4.90 Å². The van der Waals surface area contributed by atoms with Gasteiger partial charge in [0.2, 0.25) is 0 Å². The second-order valence-electron chi connectivity index (χ2n) is 4.46. The zero-order chi connectivity index (χ0) is 14.7. The Morgan fingerprint density at radius 3 is 2.35 bits per heavy atom. The number of aryl methyl sites for hydroxylation is 1. The minimum atomic E-state index is -0.516. The fraction of sp³-hybridized carbons (Fsp3) is 0.188. The number of hydrogen-bond acceptors (Lipinski definition) is 1. The van der Waals surface area contributed by atoms with Gasteiger partial charge in [-0.25, -0.2) is 8.78 Å². The number of carbonyl (C=O) groups excluding carboxylic acids is 1. The van der Waals surface area contributed by atoms with Crippen LogP contribution in [0.2, 0.25) is 0 Å². The number of amides is 1. The molecule has 2 nitrogen and oxygen atoms in total. The first-order valence-electron chi connectivity index (χ1n) is 6.37. The van der Waals surface area contributed by atoms with Crippen molar-refractivity contribution >= 4 is 11.6 Å². The summed E-state index contributed by atoms with van der Waals surface area (Å²) in [7, 11) is 0. The van der Waals surface area contributed by atoms with E-state index in [1.807, 2.05) is 0 Å². The normalized spacial score (nSPS) is 10.4. The van der Waals surface area contributed by atoms with E-state index in [2.05, 4.69) is 0 Å². The Morgan fingerprint density at radius 1 is 1.10 bits per heavy atom. The maximum atomic E-state index is 14.0. The van der Waals surface area contributed by atoms with Gasteiger partial charge in [-0.05, 0) is 49.7 Å². The molecule has 0 saturated heterocycles. The lowest BCUT2D eigenvalue weighted by Gasteiger charge is -2.21. The van der Waals surface area contributed by atoms with Gasteiger partial charge in [0.05, 0.1) is 5.56 Å². The molecule has 104 valence electrons. The van der Waals surface area contributed by atoms with Crippen LogP contribution in [0.15, 0.2) is 42.5 Å². The van der Waals surface area contributed by atoms with E-state index in [0.717, 1.165) is 0 Å². The lowest BCUT2D eigenvalue weighted by Crippen LogP contribution is -2.31. The third-order valence-corrected chi connectivity index (χ3v) is 3.12. The van der Waals surface area contributed by atoms with Crippen LogP contribution in [0, 0.1) is 18.6 Å².